The van der Waals surface area contributed by atoms with Crippen LogP contribution in [0.1, 0.15) is 12.0 Å². The summed E-state index contributed by atoms with van der Waals surface area (Å²) in [6.45, 7) is 5.51. The molecule has 0 aliphatic carbocycles. The summed E-state index contributed by atoms with van der Waals surface area (Å²) in [5, 5.41) is 16.6. The molecular weight excluding hydrogens is 555 g/mol. The van der Waals surface area contributed by atoms with Crippen molar-refractivity contribution < 1.29 is 19.4 Å². The number of aryl methyl sites for hydroxylation is 2. The number of nitrogens with zero attached hydrogens (tertiary/aromatic N) is 2. The number of benzene rings is 2. The lowest BCUT2D eigenvalue weighted by Crippen LogP contribution is -2.23. The van der Waals surface area contributed by atoms with Crippen LogP contribution >= 0.6 is 23.2 Å². The first-order valence-corrected chi connectivity index (χ1v) is 13.0. The number of aliphatic hydroxyl groups excluding tert-OH is 1. The van der Waals surface area contributed by atoms with Crippen molar-refractivity contribution in [3.05, 3.63) is 81.2 Å². The fraction of sp³-hybridized carbons (Fsp3) is 0.207. The molecule has 0 aliphatic rings. The van der Waals surface area contributed by atoms with Gasteiger partial charge in [-0.15, -0.1) is 0 Å². The minimum atomic E-state index is -0.368. The number of halogens is 2. The maximum absolute atomic E-state index is 13.9. The average molecular weight is 583 g/mol. The van der Waals surface area contributed by atoms with Gasteiger partial charge in [0.2, 0.25) is 5.91 Å². The summed E-state index contributed by atoms with van der Waals surface area (Å²) in [4.78, 5) is 30.4. The van der Waals surface area contributed by atoms with Gasteiger partial charge < -0.3 is 29.8 Å². The number of aromatic nitrogens is 2. The van der Waals surface area contributed by atoms with E-state index in [2.05, 4.69) is 22.2 Å². The van der Waals surface area contributed by atoms with E-state index in [4.69, 9.17) is 32.7 Å². The van der Waals surface area contributed by atoms with Crippen LogP contribution in [0.2, 0.25) is 10.0 Å². The average Bonchev–Trinajstić information content (AvgIpc) is 2.95. The predicted octanol–water partition coefficient (Wildman–Crippen LogP) is 5.95. The van der Waals surface area contributed by atoms with E-state index in [9.17, 15) is 14.7 Å². The Labute approximate surface area is 241 Å². The highest BCUT2D eigenvalue weighted by Crippen LogP contribution is 2.45. The maximum Gasteiger partial charge on any atom is 0.259 e. The standard InChI is InChI=1S/C29H28Cl2N4O5/c1-5-24(37)33-19-9-6-8-16(2)28(19)34-23-13-20-17(15-32-23)12-18(29(38)35(20)10-7-11-36)25-26(30)21(39-3)14-22(40-4)27(25)31/h5-6,8-9,12-15,36H,1,7,10-11H2,2-4H3,(H,32,34)(H,33,37). The van der Waals surface area contributed by atoms with Gasteiger partial charge in [0.15, 0.2) is 0 Å². The molecule has 0 saturated heterocycles. The van der Waals surface area contributed by atoms with Gasteiger partial charge in [-0.1, -0.05) is 41.9 Å². The summed E-state index contributed by atoms with van der Waals surface area (Å²) in [6.07, 6.45) is 3.14. The quantitative estimate of drug-likeness (QED) is 0.198. The second kappa shape index (κ2) is 12.4. The first kappa shape index (κ1) is 28.9. The molecule has 0 bridgehead atoms. The van der Waals surface area contributed by atoms with Crippen LogP contribution in [-0.4, -0.2) is 41.4 Å². The highest BCUT2D eigenvalue weighted by atomic mass is 35.5. The van der Waals surface area contributed by atoms with Crippen LogP contribution in [-0.2, 0) is 11.3 Å². The van der Waals surface area contributed by atoms with Gasteiger partial charge in [-0.3, -0.25) is 9.59 Å². The lowest BCUT2D eigenvalue weighted by atomic mass is 10.0. The summed E-state index contributed by atoms with van der Waals surface area (Å²) in [6, 6.07) is 10.4. The Balaban J connectivity index is 1.91. The van der Waals surface area contributed by atoms with Crippen molar-refractivity contribution in [3.63, 3.8) is 0 Å². The molecule has 0 fully saturated rings. The third-order valence-electron chi connectivity index (χ3n) is 6.33. The minimum absolute atomic E-state index is 0.113. The van der Waals surface area contributed by atoms with Crippen molar-refractivity contribution in [2.45, 2.75) is 19.9 Å². The fourth-order valence-corrected chi connectivity index (χ4v) is 5.05. The molecule has 4 aromatic rings. The molecule has 2 heterocycles. The van der Waals surface area contributed by atoms with Gasteiger partial charge in [-0.2, -0.15) is 0 Å². The van der Waals surface area contributed by atoms with Crippen LogP contribution in [0.25, 0.3) is 22.0 Å². The van der Waals surface area contributed by atoms with E-state index >= 15 is 0 Å². The molecule has 4 rings (SSSR count). The van der Waals surface area contributed by atoms with Gasteiger partial charge in [0.25, 0.3) is 5.56 Å². The normalized spacial score (nSPS) is 10.8. The second-order valence-corrected chi connectivity index (χ2v) is 9.58. The number of carbonyl (C=O) groups is 1. The van der Waals surface area contributed by atoms with E-state index in [0.29, 0.717) is 46.0 Å². The Morgan fingerprint density at radius 2 is 1.85 bits per heavy atom. The van der Waals surface area contributed by atoms with E-state index in [1.165, 1.54) is 20.3 Å². The monoisotopic (exact) mass is 582 g/mol. The van der Waals surface area contributed by atoms with Crippen LogP contribution in [0.5, 0.6) is 11.5 Å². The summed E-state index contributed by atoms with van der Waals surface area (Å²) < 4.78 is 12.3. The zero-order valence-corrected chi connectivity index (χ0v) is 23.7. The number of ether oxygens (including phenoxy) is 2. The topological polar surface area (TPSA) is 115 Å². The Kier molecular flexibility index (Phi) is 8.99. The number of fused-ring (bicyclic) bond motifs is 1. The number of anilines is 3. The molecule has 2 aromatic heterocycles. The van der Waals surface area contributed by atoms with Gasteiger partial charge in [-0.25, -0.2) is 4.98 Å². The lowest BCUT2D eigenvalue weighted by molar-refractivity contribution is -0.111. The number of amides is 1. The van der Waals surface area contributed by atoms with Crippen molar-refractivity contribution in [3.8, 4) is 22.6 Å². The molecule has 11 heteroatoms. The maximum atomic E-state index is 13.9. The molecule has 3 N–H and O–H groups in total. The van der Waals surface area contributed by atoms with Gasteiger partial charge in [0.1, 0.15) is 17.3 Å². The first-order chi connectivity index (χ1) is 19.2. The molecule has 1 amide bonds. The van der Waals surface area contributed by atoms with Gasteiger partial charge in [0, 0.05) is 42.4 Å². The van der Waals surface area contributed by atoms with Gasteiger partial charge in [-0.05, 0) is 37.1 Å². The zero-order valence-electron chi connectivity index (χ0n) is 22.2. The fourth-order valence-electron chi connectivity index (χ4n) is 4.34. The second-order valence-electron chi connectivity index (χ2n) is 8.82. The van der Waals surface area contributed by atoms with E-state index in [1.54, 1.807) is 35.0 Å². The number of methoxy groups -OCH3 is 2. The van der Waals surface area contributed by atoms with Crippen LogP contribution in [0.4, 0.5) is 17.2 Å². The first-order valence-electron chi connectivity index (χ1n) is 12.3. The lowest BCUT2D eigenvalue weighted by Gasteiger charge is -2.18. The number of aliphatic hydroxyl groups is 1. The molecule has 0 aliphatic heterocycles. The van der Waals surface area contributed by atoms with Crippen molar-refractivity contribution in [1.29, 1.82) is 0 Å². The Morgan fingerprint density at radius 1 is 1.15 bits per heavy atom. The van der Waals surface area contributed by atoms with Crippen molar-refractivity contribution >= 4 is 57.2 Å². The number of carbonyl (C=O) groups excluding carboxylic acids is 1. The predicted molar refractivity (Wildman–Crippen MR) is 160 cm³/mol. The zero-order chi connectivity index (χ0) is 29.0. The Bertz CT molecular complexity index is 1640. The number of hydrogen-bond donors (Lipinski definition) is 3. The molecule has 0 spiro atoms. The third kappa shape index (κ3) is 5.62. The van der Waals surface area contributed by atoms with Crippen molar-refractivity contribution in [2.24, 2.45) is 0 Å². The number of hydrogen-bond acceptors (Lipinski definition) is 7. The molecule has 9 nitrogen and oxygen atoms in total. The third-order valence-corrected chi connectivity index (χ3v) is 7.08. The Morgan fingerprint density at radius 3 is 2.48 bits per heavy atom. The van der Waals surface area contributed by atoms with E-state index in [0.717, 1.165) is 5.56 Å². The summed E-state index contributed by atoms with van der Waals surface area (Å²) in [7, 11) is 2.92. The van der Waals surface area contributed by atoms with E-state index in [-0.39, 0.29) is 45.8 Å². The van der Waals surface area contributed by atoms with Gasteiger partial charge >= 0.3 is 0 Å². The molecule has 0 unspecified atom stereocenters. The largest absolute Gasteiger partial charge is 0.495 e. The highest BCUT2D eigenvalue weighted by molar-refractivity contribution is 6.41. The van der Waals surface area contributed by atoms with E-state index in [1.807, 2.05) is 19.1 Å². The minimum Gasteiger partial charge on any atom is -0.495 e. The van der Waals surface area contributed by atoms with Crippen molar-refractivity contribution in [1.82, 2.24) is 9.55 Å². The summed E-state index contributed by atoms with van der Waals surface area (Å²) in [5.74, 6) is 0.695. The molecular formula is C29H28Cl2N4O5. The molecule has 0 radical (unpaired) electrons. The van der Waals surface area contributed by atoms with E-state index < -0.39 is 0 Å². The molecule has 2 aromatic carbocycles. The number of pyridine rings is 2. The molecule has 0 atom stereocenters. The number of rotatable bonds is 10. The number of para-hydroxylation sites is 1. The Hall–Kier alpha value is -4.05. The number of nitrogens with one attached hydrogen (secondary N) is 2. The molecule has 40 heavy (non-hydrogen) atoms. The SMILES string of the molecule is C=CC(=O)Nc1cccc(C)c1Nc1cc2c(cn1)cc(-c1c(Cl)c(OC)cc(OC)c1Cl)c(=O)n2CCCO. The highest BCUT2D eigenvalue weighted by Gasteiger charge is 2.23. The molecule has 0 saturated carbocycles. The molecule has 208 valence electrons. The smallest absolute Gasteiger partial charge is 0.259 e. The summed E-state index contributed by atoms with van der Waals surface area (Å²) in [5.41, 5.74) is 2.78. The van der Waals surface area contributed by atoms with Crippen LogP contribution in [0.3, 0.4) is 0 Å². The van der Waals surface area contributed by atoms with Crippen LogP contribution in [0, 0.1) is 6.92 Å². The van der Waals surface area contributed by atoms with Crippen LogP contribution in [0.15, 0.2) is 60.0 Å². The van der Waals surface area contributed by atoms with Crippen LogP contribution < -0.4 is 25.7 Å². The summed E-state index contributed by atoms with van der Waals surface area (Å²) >= 11 is 13.3. The van der Waals surface area contributed by atoms with Gasteiger partial charge in [0.05, 0.1) is 46.7 Å². The van der Waals surface area contributed by atoms with Crippen molar-refractivity contribution in [2.75, 3.05) is 31.5 Å².